The highest BCUT2D eigenvalue weighted by atomic mass is 32.2. The highest BCUT2D eigenvalue weighted by Crippen LogP contribution is 2.32. The summed E-state index contributed by atoms with van der Waals surface area (Å²) in [5, 5.41) is 11.4. The minimum atomic E-state index is -4.60. The Morgan fingerprint density at radius 1 is 1.33 bits per heavy atom. The Morgan fingerprint density at radius 3 is 2.52 bits per heavy atom. The Morgan fingerprint density at radius 2 is 2.00 bits per heavy atom. The van der Waals surface area contributed by atoms with Crippen molar-refractivity contribution in [1.82, 2.24) is 4.72 Å². The Labute approximate surface area is 120 Å². The minimum Gasteiger partial charge on any atom is -0.384 e. The van der Waals surface area contributed by atoms with E-state index in [-0.39, 0.29) is 24.5 Å². The number of nitrogens with one attached hydrogen (secondary N) is 2. The minimum absolute atomic E-state index is 0.0194. The van der Waals surface area contributed by atoms with Crippen molar-refractivity contribution in [1.29, 1.82) is 5.26 Å². The molecule has 0 amide bonds. The third-order valence-electron chi connectivity index (χ3n) is 2.51. The summed E-state index contributed by atoms with van der Waals surface area (Å²) in [7, 11) is -3.41. The average molecular weight is 321 g/mol. The molecule has 0 heterocycles. The number of benzene rings is 1. The monoisotopic (exact) mass is 321 g/mol. The molecule has 0 aliphatic rings. The summed E-state index contributed by atoms with van der Waals surface area (Å²) in [6, 6.07) is 4.47. The smallest absolute Gasteiger partial charge is 0.384 e. The van der Waals surface area contributed by atoms with E-state index in [1.807, 2.05) is 0 Å². The van der Waals surface area contributed by atoms with Gasteiger partial charge in [0.05, 0.1) is 22.9 Å². The van der Waals surface area contributed by atoms with Gasteiger partial charge in [0.1, 0.15) is 0 Å². The van der Waals surface area contributed by atoms with Gasteiger partial charge in [-0.3, -0.25) is 0 Å². The molecule has 0 saturated carbocycles. The van der Waals surface area contributed by atoms with E-state index < -0.39 is 27.3 Å². The Kier molecular flexibility index (Phi) is 5.57. The molecule has 0 aliphatic carbocycles. The molecular weight excluding hydrogens is 307 g/mol. The van der Waals surface area contributed by atoms with E-state index in [0.29, 0.717) is 0 Å². The average Bonchev–Trinajstić information content (AvgIpc) is 2.36. The lowest BCUT2D eigenvalue weighted by molar-refractivity contribution is -0.137. The van der Waals surface area contributed by atoms with E-state index in [4.69, 9.17) is 5.26 Å². The van der Waals surface area contributed by atoms with E-state index in [1.54, 1.807) is 6.92 Å². The zero-order chi connectivity index (χ0) is 16.1. The molecular formula is C12H14F3N3O2S. The third kappa shape index (κ3) is 5.24. The summed E-state index contributed by atoms with van der Waals surface area (Å²) < 4.78 is 62.8. The summed E-state index contributed by atoms with van der Waals surface area (Å²) in [5.74, 6) is -0.219. The SMILES string of the molecule is CCNS(=O)(=O)CCNc1ccc(C(F)(F)F)c(C#N)c1. The zero-order valence-corrected chi connectivity index (χ0v) is 12.0. The van der Waals surface area contributed by atoms with E-state index in [1.165, 1.54) is 6.07 Å². The van der Waals surface area contributed by atoms with Gasteiger partial charge in [0.15, 0.2) is 0 Å². The summed E-state index contributed by atoms with van der Waals surface area (Å²) >= 11 is 0. The normalized spacial score (nSPS) is 12.0. The van der Waals surface area contributed by atoms with Crippen LogP contribution in [-0.4, -0.2) is 27.3 Å². The maximum absolute atomic E-state index is 12.6. The van der Waals surface area contributed by atoms with Crippen molar-refractivity contribution in [2.45, 2.75) is 13.1 Å². The standard InChI is InChI=1S/C12H14F3N3O2S/c1-2-18-21(19,20)6-5-17-10-3-4-11(12(13,14)15)9(7-10)8-16/h3-4,7,17-18H,2,5-6H2,1H3. The molecule has 0 radical (unpaired) electrons. The predicted octanol–water partition coefficient (Wildman–Crippen LogP) is 1.93. The lowest BCUT2D eigenvalue weighted by Crippen LogP contribution is -2.29. The third-order valence-corrected chi connectivity index (χ3v) is 3.98. The molecule has 0 unspecified atom stereocenters. The molecule has 0 spiro atoms. The highest BCUT2D eigenvalue weighted by molar-refractivity contribution is 7.89. The molecule has 21 heavy (non-hydrogen) atoms. The van der Waals surface area contributed by atoms with Gasteiger partial charge in [0.2, 0.25) is 10.0 Å². The quantitative estimate of drug-likeness (QED) is 0.839. The molecule has 1 rings (SSSR count). The molecule has 9 heteroatoms. The second-order valence-electron chi connectivity index (χ2n) is 4.11. The zero-order valence-electron chi connectivity index (χ0n) is 11.2. The molecule has 0 saturated heterocycles. The number of rotatable bonds is 6. The fourth-order valence-electron chi connectivity index (χ4n) is 1.62. The van der Waals surface area contributed by atoms with E-state index in [2.05, 4.69) is 10.0 Å². The van der Waals surface area contributed by atoms with Crippen LogP contribution in [0.4, 0.5) is 18.9 Å². The van der Waals surface area contributed by atoms with Crippen molar-refractivity contribution in [2.24, 2.45) is 0 Å². The molecule has 1 aromatic carbocycles. The van der Waals surface area contributed by atoms with Gasteiger partial charge in [-0.25, -0.2) is 13.1 Å². The van der Waals surface area contributed by atoms with Gasteiger partial charge in [-0.15, -0.1) is 0 Å². The number of halogens is 3. The molecule has 0 atom stereocenters. The van der Waals surface area contributed by atoms with Crippen LogP contribution in [0.5, 0.6) is 0 Å². The number of nitrogens with zero attached hydrogens (tertiary/aromatic N) is 1. The molecule has 0 fully saturated rings. The summed E-state index contributed by atoms with van der Waals surface area (Å²) in [5.41, 5.74) is -1.27. The predicted molar refractivity (Wildman–Crippen MR) is 72.1 cm³/mol. The number of anilines is 1. The lowest BCUT2D eigenvalue weighted by Gasteiger charge is -2.11. The van der Waals surface area contributed by atoms with Crippen LogP contribution in [0.25, 0.3) is 0 Å². The van der Waals surface area contributed by atoms with E-state index in [0.717, 1.165) is 18.2 Å². The van der Waals surface area contributed by atoms with Gasteiger partial charge in [-0.1, -0.05) is 6.92 Å². The van der Waals surface area contributed by atoms with Gasteiger partial charge in [0.25, 0.3) is 0 Å². The number of sulfonamides is 1. The van der Waals surface area contributed by atoms with Crippen molar-refractivity contribution in [3.63, 3.8) is 0 Å². The summed E-state index contributed by atoms with van der Waals surface area (Å²) in [6.07, 6.45) is -4.60. The molecule has 0 bridgehead atoms. The van der Waals surface area contributed by atoms with Crippen LogP contribution in [0.15, 0.2) is 18.2 Å². The molecule has 0 aromatic heterocycles. The first-order chi connectivity index (χ1) is 9.69. The van der Waals surface area contributed by atoms with Crippen molar-refractivity contribution in [3.8, 4) is 6.07 Å². The highest BCUT2D eigenvalue weighted by Gasteiger charge is 2.33. The largest absolute Gasteiger partial charge is 0.417 e. The molecule has 2 N–H and O–H groups in total. The summed E-state index contributed by atoms with van der Waals surface area (Å²) in [4.78, 5) is 0. The maximum Gasteiger partial charge on any atom is 0.417 e. The molecule has 5 nitrogen and oxygen atoms in total. The van der Waals surface area contributed by atoms with Crippen LogP contribution < -0.4 is 10.0 Å². The molecule has 116 valence electrons. The van der Waals surface area contributed by atoms with Crippen molar-refractivity contribution in [3.05, 3.63) is 29.3 Å². The number of nitriles is 1. The van der Waals surface area contributed by atoms with Crippen LogP contribution in [0.1, 0.15) is 18.1 Å². The number of alkyl halides is 3. The Bertz CT molecular complexity index is 636. The Hall–Kier alpha value is -1.79. The van der Waals surface area contributed by atoms with Crippen molar-refractivity contribution in [2.75, 3.05) is 24.2 Å². The number of hydrogen-bond donors (Lipinski definition) is 2. The van der Waals surface area contributed by atoms with Crippen LogP contribution >= 0.6 is 0 Å². The Balaban J connectivity index is 2.77. The van der Waals surface area contributed by atoms with Crippen molar-refractivity contribution >= 4 is 15.7 Å². The maximum atomic E-state index is 12.6. The second-order valence-corrected chi connectivity index (χ2v) is 6.04. The first-order valence-corrected chi connectivity index (χ1v) is 7.67. The topological polar surface area (TPSA) is 82.0 Å². The van der Waals surface area contributed by atoms with Gasteiger partial charge in [-0.2, -0.15) is 18.4 Å². The fraction of sp³-hybridized carbons (Fsp3) is 0.417. The van der Waals surface area contributed by atoms with Gasteiger partial charge >= 0.3 is 6.18 Å². The lowest BCUT2D eigenvalue weighted by atomic mass is 10.1. The van der Waals surface area contributed by atoms with Crippen LogP contribution in [-0.2, 0) is 16.2 Å². The first-order valence-electron chi connectivity index (χ1n) is 6.02. The molecule has 0 aliphatic heterocycles. The number of hydrogen-bond acceptors (Lipinski definition) is 4. The first kappa shape index (κ1) is 17.3. The molecule has 1 aromatic rings. The van der Waals surface area contributed by atoms with Gasteiger partial charge < -0.3 is 5.32 Å². The van der Waals surface area contributed by atoms with Gasteiger partial charge in [-0.05, 0) is 18.2 Å². The van der Waals surface area contributed by atoms with Gasteiger partial charge in [0, 0.05) is 18.8 Å². The van der Waals surface area contributed by atoms with E-state index in [9.17, 15) is 21.6 Å². The fourth-order valence-corrected chi connectivity index (χ4v) is 2.57. The van der Waals surface area contributed by atoms with Crippen LogP contribution in [0.2, 0.25) is 0 Å². The second kappa shape index (κ2) is 6.78. The van der Waals surface area contributed by atoms with Crippen LogP contribution in [0.3, 0.4) is 0 Å². The van der Waals surface area contributed by atoms with Crippen molar-refractivity contribution < 1.29 is 21.6 Å². The van der Waals surface area contributed by atoms with E-state index >= 15 is 0 Å². The summed E-state index contributed by atoms with van der Waals surface area (Å²) in [6.45, 7) is 1.92. The van der Waals surface area contributed by atoms with Crippen LogP contribution in [0, 0.1) is 11.3 Å².